The van der Waals surface area contributed by atoms with Crippen molar-refractivity contribution in [3.05, 3.63) is 60.2 Å². The number of carbonyl (C=O) groups excluding carboxylic acids is 2. The van der Waals surface area contributed by atoms with Gasteiger partial charge < -0.3 is 15.1 Å². The van der Waals surface area contributed by atoms with E-state index in [1.807, 2.05) is 49.4 Å². The Balaban J connectivity index is 1.67. The van der Waals surface area contributed by atoms with Crippen molar-refractivity contribution in [1.29, 1.82) is 0 Å². The molecular formula is C19H19N3O3. The summed E-state index contributed by atoms with van der Waals surface area (Å²) in [6, 6.07) is 16.5. The van der Waals surface area contributed by atoms with Gasteiger partial charge in [0.25, 0.3) is 11.8 Å². The molecule has 0 saturated carbocycles. The Labute approximate surface area is 146 Å². The number of hydrogen-bond acceptors (Lipinski definition) is 4. The van der Waals surface area contributed by atoms with E-state index in [1.54, 1.807) is 17.0 Å². The quantitative estimate of drug-likeness (QED) is 0.824. The van der Waals surface area contributed by atoms with Crippen LogP contribution in [0.5, 0.6) is 0 Å². The van der Waals surface area contributed by atoms with E-state index in [0.29, 0.717) is 12.2 Å². The molecule has 6 nitrogen and oxygen atoms in total. The molecule has 25 heavy (non-hydrogen) atoms. The molecule has 0 aliphatic carbocycles. The molecule has 128 valence electrons. The summed E-state index contributed by atoms with van der Waals surface area (Å²) in [6.45, 7) is 2.36. The Morgan fingerprint density at radius 1 is 1.12 bits per heavy atom. The standard InChI is InChI=1S/C19H19N3O3/c1-2-12-22-16-11-7-6-10-15(16)18(19(22)24)21-25-13-17(23)20-14-8-4-3-5-9-14/h3-11H,2,12-13H2,1H3,(H,20,23)/b21-18-. The highest BCUT2D eigenvalue weighted by atomic mass is 16.6. The minimum atomic E-state index is -0.334. The van der Waals surface area contributed by atoms with E-state index in [4.69, 9.17) is 4.84 Å². The fraction of sp³-hybridized carbons (Fsp3) is 0.211. The maximum atomic E-state index is 12.5. The Kier molecular flexibility index (Phi) is 5.09. The first-order valence-corrected chi connectivity index (χ1v) is 8.17. The zero-order valence-corrected chi connectivity index (χ0v) is 13.9. The summed E-state index contributed by atoms with van der Waals surface area (Å²) in [6.07, 6.45) is 0.841. The third-order valence-electron chi connectivity index (χ3n) is 3.75. The van der Waals surface area contributed by atoms with Crippen molar-refractivity contribution in [3.63, 3.8) is 0 Å². The van der Waals surface area contributed by atoms with Gasteiger partial charge in [0.2, 0.25) is 0 Å². The van der Waals surface area contributed by atoms with Crippen LogP contribution in [-0.4, -0.2) is 30.7 Å². The van der Waals surface area contributed by atoms with Crippen molar-refractivity contribution in [2.45, 2.75) is 13.3 Å². The van der Waals surface area contributed by atoms with E-state index in [9.17, 15) is 9.59 Å². The van der Waals surface area contributed by atoms with Crippen LogP contribution in [0.3, 0.4) is 0 Å². The molecule has 6 heteroatoms. The van der Waals surface area contributed by atoms with Crippen molar-refractivity contribution in [2.24, 2.45) is 5.16 Å². The van der Waals surface area contributed by atoms with Crippen molar-refractivity contribution in [3.8, 4) is 0 Å². The molecule has 2 aromatic rings. The van der Waals surface area contributed by atoms with E-state index < -0.39 is 0 Å². The number of amides is 2. The lowest BCUT2D eigenvalue weighted by Gasteiger charge is -2.14. The number of benzene rings is 2. The van der Waals surface area contributed by atoms with E-state index in [2.05, 4.69) is 10.5 Å². The number of carbonyl (C=O) groups is 2. The largest absolute Gasteiger partial charge is 0.385 e. The van der Waals surface area contributed by atoms with E-state index >= 15 is 0 Å². The maximum absolute atomic E-state index is 12.5. The van der Waals surface area contributed by atoms with Crippen molar-refractivity contribution in [1.82, 2.24) is 0 Å². The summed E-state index contributed by atoms with van der Waals surface area (Å²) in [5.41, 5.74) is 2.46. The van der Waals surface area contributed by atoms with E-state index in [-0.39, 0.29) is 24.1 Å². The third-order valence-corrected chi connectivity index (χ3v) is 3.75. The summed E-state index contributed by atoms with van der Waals surface area (Å²) in [5, 5.41) is 6.62. The Morgan fingerprint density at radius 3 is 2.60 bits per heavy atom. The molecule has 1 N–H and O–H groups in total. The van der Waals surface area contributed by atoms with Gasteiger partial charge in [0.05, 0.1) is 5.69 Å². The van der Waals surface area contributed by atoms with Gasteiger partial charge in [-0.05, 0) is 24.6 Å². The van der Waals surface area contributed by atoms with Crippen LogP contribution in [0, 0.1) is 0 Å². The van der Waals surface area contributed by atoms with Crippen LogP contribution in [0.25, 0.3) is 0 Å². The second-order valence-electron chi connectivity index (χ2n) is 5.60. The molecule has 0 bridgehead atoms. The third kappa shape index (κ3) is 3.68. The number of nitrogens with zero attached hydrogens (tertiary/aromatic N) is 2. The molecule has 0 aromatic heterocycles. The summed E-state index contributed by atoms with van der Waals surface area (Å²) < 4.78 is 0. The molecule has 0 saturated heterocycles. The molecule has 1 aliphatic rings. The normalized spacial score (nSPS) is 14.5. The number of nitrogens with one attached hydrogen (secondary N) is 1. The lowest BCUT2D eigenvalue weighted by Crippen LogP contribution is -2.31. The Hall–Kier alpha value is -3.15. The number of fused-ring (bicyclic) bond motifs is 1. The fourth-order valence-electron chi connectivity index (χ4n) is 2.67. The molecule has 0 unspecified atom stereocenters. The van der Waals surface area contributed by atoms with Crippen LogP contribution < -0.4 is 10.2 Å². The van der Waals surface area contributed by atoms with Gasteiger partial charge in [-0.15, -0.1) is 0 Å². The first kappa shape index (κ1) is 16.7. The monoisotopic (exact) mass is 337 g/mol. The maximum Gasteiger partial charge on any atom is 0.281 e. The first-order valence-electron chi connectivity index (χ1n) is 8.17. The Morgan fingerprint density at radius 2 is 1.84 bits per heavy atom. The van der Waals surface area contributed by atoms with Gasteiger partial charge in [-0.2, -0.15) is 0 Å². The molecule has 2 aromatic carbocycles. The van der Waals surface area contributed by atoms with Crippen molar-refractivity contribution < 1.29 is 14.4 Å². The lowest BCUT2D eigenvalue weighted by molar-refractivity contribution is -0.120. The zero-order valence-electron chi connectivity index (χ0n) is 13.9. The first-order chi connectivity index (χ1) is 12.2. The summed E-state index contributed by atoms with van der Waals surface area (Å²) in [4.78, 5) is 31.2. The Bertz CT molecular complexity index is 803. The highest BCUT2D eigenvalue weighted by Gasteiger charge is 2.33. The molecule has 0 spiro atoms. The van der Waals surface area contributed by atoms with Gasteiger partial charge in [0.15, 0.2) is 12.3 Å². The molecular weight excluding hydrogens is 318 g/mol. The smallest absolute Gasteiger partial charge is 0.281 e. The van der Waals surface area contributed by atoms with E-state index in [0.717, 1.165) is 17.7 Å². The average Bonchev–Trinajstić information content (AvgIpc) is 2.89. The summed E-state index contributed by atoms with van der Waals surface area (Å²) in [7, 11) is 0. The van der Waals surface area contributed by atoms with Crippen LogP contribution in [0.4, 0.5) is 11.4 Å². The van der Waals surface area contributed by atoms with Gasteiger partial charge in [-0.3, -0.25) is 9.59 Å². The number of oxime groups is 1. The topological polar surface area (TPSA) is 71.0 Å². The summed E-state index contributed by atoms with van der Waals surface area (Å²) >= 11 is 0. The van der Waals surface area contributed by atoms with Gasteiger partial charge in [0, 0.05) is 17.8 Å². The lowest BCUT2D eigenvalue weighted by atomic mass is 10.1. The molecule has 2 amide bonds. The van der Waals surface area contributed by atoms with Crippen LogP contribution in [-0.2, 0) is 14.4 Å². The second kappa shape index (κ2) is 7.61. The highest BCUT2D eigenvalue weighted by molar-refractivity contribution is 6.54. The van der Waals surface area contributed by atoms with Crippen molar-refractivity contribution in [2.75, 3.05) is 23.4 Å². The van der Waals surface area contributed by atoms with Crippen LogP contribution in [0.15, 0.2) is 59.8 Å². The molecule has 1 heterocycles. The number of anilines is 2. The highest BCUT2D eigenvalue weighted by Crippen LogP contribution is 2.29. The minimum absolute atomic E-state index is 0.202. The van der Waals surface area contributed by atoms with Gasteiger partial charge in [-0.25, -0.2) is 0 Å². The predicted molar refractivity (Wildman–Crippen MR) is 96.6 cm³/mol. The molecule has 0 atom stereocenters. The summed E-state index contributed by atoms with van der Waals surface area (Å²) in [5.74, 6) is -0.536. The van der Waals surface area contributed by atoms with Crippen LogP contribution >= 0.6 is 0 Å². The van der Waals surface area contributed by atoms with Gasteiger partial charge >= 0.3 is 0 Å². The van der Waals surface area contributed by atoms with Gasteiger partial charge in [-0.1, -0.05) is 48.5 Å². The number of rotatable bonds is 6. The van der Waals surface area contributed by atoms with Crippen molar-refractivity contribution >= 4 is 28.9 Å². The average molecular weight is 337 g/mol. The van der Waals surface area contributed by atoms with Gasteiger partial charge in [0.1, 0.15) is 0 Å². The molecule has 1 aliphatic heterocycles. The molecule has 0 radical (unpaired) electrons. The number of para-hydroxylation sites is 2. The zero-order chi connectivity index (χ0) is 17.6. The number of hydrogen-bond donors (Lipinski definition) is 1. The predicted octanol–water partition coefficient (Wildman–Crippen LogP) is 2.80. The van der Waals surface area contributed by atoms with Crippen LogP contribution in [0.2, 0.25) is 0 Å². The molecule has 3 rings (SSSR count). The minimum Gasteiger partial charge on any atom is -0.385 e. The van der Waals surface area contributed by atoms with E-state index in [1.165, 1.54) is 0 Å². The SMILES string of the molecule is CCCN1C(=O)/C(=N\OCC(=O)Nc2ccccc2)c2ccccc21. The fourth-order valence-corrected chi connectivity index (χ4v) is 2.67. The van der Waals surface area contributed by atoms with Crippen LogP contribution in [0.1, 0.15) is 18.9 Å². The second-order valence-corrected chi connectivity index (χ2v) is 5.60. The molecule has 0 fully saturated rings.